The zero-order valence-electron chi connectivity index (χ0n) is 15.9. The Morgan fingerprint density at radius 2 is 1.68 bits per heavy atom. The standard InChI is InChI=1S/C20H16Cl3N3O5/c21-13-3-1-11(2-4-13)19(29)25-24-17(27)10-31-20(30)12-7-18(28)26(9-12)16-8-14(22)5-6-15(16)23/h1-6,8,12H,7,9-10H2,(H,24,27)(H,25,29)/t12-/m0/s1. The molecule has 3 rings (SSSR count). The third-order valence-corrected chi connectivity index (χ3v) is 5.23. The van der Waals surface area contributed by atoms with Crippen molar-refractivity contribution in [2.24, 2.45) is 5.92 Å². The van der Waals surface area contributed by atoms with Crippen molar-refractivity contribution in [1.29, 1.82) is 0 Å². The van der Waals surface area contributed by atoms with Gasteiger partial charge in [0.1, 0.15) is 0 Å². The van der Waals surface area contributed by atoms with Crippen molar-refractivity contribution in [2.45, 2.75) is 6.42 Å². The summed E-state index contributed by atoms with van der Waals surface area (Å²) in [6.45, 7) is -0.574. The number of hydrazine groups is 1. The van der Waals surface area contributed by atoms with Crippen molar-refractivity contribution in [2.75, 3.05) is 18.1 Å². The van der Waals surface area contributed by atoms with Gasteiger partial charge in [0.15, 0.2) is 6.61 Å². The van der Waals surface area contributed by atoms with Crippen LogP contribution in [0.2, 0.25) is 15.1 Å². The number of amides is 3. The van der Waals surface area contributed by atoms with E-state index in [0.29, 0.717) is 20.8 Å². The van der Waals surface area contributed by atoms with Crippen LogP contribution in [0.5, 0.6) is 0 Å². The average molecular weight is 485 g/mol. The zero-order valence-corrected chi connectivity index (χ0v) is 18.1. The number of anilines is 1. The molecule has 1 aliphatic rings. The molecule has 162 valence electrons. The predicted molar refractivity (Wildman–Crippen MR) is 115 cm³/mol. The molecule has 0 radical (unpaired) electrons. The zero-order chi connectivity index (χ0) is 22.5. The van der Waals surface area contributed by atoms with Gasteiger partial charge >= 0.3 is 5.97 Å². The van der Waals surface area contributed by atoms with Crippen LogP contribution in [0.25, 0.3) is 0 Å². The van der Waals surface area contributed by atoms with Crippen molar-refractivity contribution >= 4 is 64.2 Å². The summed E-state index contributed by atoms with van der Waals surface area (Å²) in [5.74, 6) is -3.10. The molecule has 3 amide bonds. The van der Waals surface area contributed by atoms with Crippen LogP contribution in [0.1, 0.15) is 16.8 Å². The van der Waals surface area contributed by atoms with E-state index < -0.39 is 30.3 Å². The molecular formula is C20H16Cl3N3O5. The van der Waals surface area contributed by atoms with Crippen molar-refractivity contribution in [3.05, 3.63) is 63.1 Å². The number of ether oxygens (including phenoxy) is 1. The summed E-state index contributed by atoms with van der Waals surface area (Å²) in [4.78, 5) is 49.7. The number of carbonyl (C=O) groups is 4. The van der Waals surface area contributed by atoms with Gasteiger partial charge in [-0.05, 0) is 42.5 Å². The summed E-state index contributed by atoms with van der Waals surface area (Å²) in [5.41, 5.74) is 5.02. The van der Waals surface area contributed by atoms with Crippen LogP contribution in [-0.2, 0) is 19.1 Å². The third-order valence-electron chi connectivity index (χ3n) is 4.42. The van der Waals surface area contributed by atoms with E-state index in [4.69, 9.17) is 39.5 Å². The van der Waals surface area contributed by atoms with E-state index in [-0.39, 0.29) is 24.4 Å². The molecule has 2 aromatic rings. The van der Waals surface area contributed by atoms with Crippen LogP contribution in [0, 0.1) is 5.92 Å². The van der Waals surface area contributed by atoms with Gasteiger partial charge in [0.2, 0.25) is 5.91 Å². The van der Waals surface area contributed by atoms with Gasteiger partial charge in [-0.15, -0.1) is 0 Å². The Morgan fingerprint density at radius 3 is 2.39 bits per heavy atom. The molecule has 1 fully saturated rings. The number of rotatable bonds is 5. The Morgan fingerprint density at radius 1 is 1.00 bits per heavy atom. The van der Waals surface area contributed by atoms with Crippen LogP contribution in [-0.4, -0.2) is 36.8 Å². The Balaban J connectivity index is 1.47. The van der Waals surface area contributed by atoms with Crippen LogP contribution < -0.4 is 15.8 Å². The molecule has 1 atom stereocenters. The lowest BCUT2D eigenvalue weighted by Crippen LogP contribution is -2.43. The minimum absolute atomic E-state index is 0.0483. The molecule has 0 spiro atoms. The van der Waals surface area contributed by atoms with Gasteiger partial charge in [-0.25, -0.2) is 0 Å². The first-order valence-electron chi connectivity index (χ1n) is 9.01. The van der Waals surface area contributed by atoms with Crippen molar-refractivity contribution in [3.63, 3.8) is 0 Å². The molecule has 0 unspecified atom stereocenters. The monoisotopic (exact) mass is 483 g/mol. The molecule has 1 saturated heterocycles. The Kier molecular flexibility index (Phi) is 7.37. The molecule has 2 aromatic carbocycles. The van der Waals surface area contributed by atoms with E-state index in [9.17, 15) is 19.2 Å². The fraction of sp³-hybridized carbons (Fsp3) is 0.200. The van der Waals surface area contributed by atoms with E-state index in [1.54, 1.807) is 12.1 Å². The molecule has 2 N–H and O–H groups in total. The summed E-state index contributed by atoms with van der Waals surface area (Å²) in [7, 11) is 0. The van der Waals surface area contributed by atoms with Gasteiger partial charge in [0, 0.05) is 28.6 Å². The van der Waals surface area contributed by atoms with Gasteiger partial charge in [-0.1, -0.05) is 34.8 Å². The van der Waals surface area contributed by atoms with E-state index in [0.717, 1.165) is 0 Å². The molecule has 0 aliphatic carbocycles. The number of hydrogen-bond acceptors (Lipinski definition) is 5. The number of nitrogens with one attached hydrogen (secondary N) is 2. The molecule has 8 nitrogen and oxygen atoms in total. The summed E-state index contributed by atoms with van der Waals surface area (Å²) in [6.07, 6.45) is -0.0867. The summed E-state index contributed by atoms with van der Waals surface area (Å²) in [6, 6.07) is 10.7. The number of carbonyl (C=O) groups excluding carboxylic acids is 4. The Labute approximate surface area is 192 Å². The van der Waals surface area contributed by atoms with Gasteiger partial charge in [0.25, 0.3) is 11.8 Å². The SMILES string of the molecule is O=C(COC(=O)[C@H]1CC(=O)N(c2cc(Cl)ccc2Cl)C1)NNC(=O)c1ccc(Cl)cc1. The number of hydrogen-bond donors (Lipinski definition) is 2. The highest BCUT2D eigenvalue weighted by atomic mass is 35.5. The lowest BCUT2D eigenvalue weighted by atomic mass is 10.1. The highest BCUT2D eigenvalue weighted by Gasteiger charge is 2.37. The average Bonchev–Trinajstić information content (AvgIpc) is 3.14. The maximum Gasteiger partial charge on any atom is 0.311 e. The number of benzene rings is 2. The quantitative estimate of drug-likeness (QED) is 0.501. The van der Waals surface area contributed by atoms with Crippen LogP contribution in [0.3, 0.4) is 0 Å². The predicted octanol–water partition coefficient (Wildman–Crippen LogP) is 3.00. The minimum Gasteiger partial charge on any atom is -0.455 e. The van der Waals surface area contributed by atoms with Gasteiger partial charge in [-0.2, -0.15) is 0 Å². The van der Waals surface area contributed by atoms with E-state index in [1.165, 1.54) is 35.2 Å². The minimum atomic E-state index is -0.765. The smallest absolute Gasteiger partial charge is 0.311 e. The molecule has 0 saturated carbocycles. The first-order valence-corrected chi connectivity index (χ1v) is 10.1. The largest absolute Gasteiger partial charge is 0.455 e. The van der Waals surface area contributed by atoms with Crippen LogP contribution >= 0.6 is 34.8 Å². The second kappa shape index (κ2) is 10.00. The molecule has 1 heterocycles. The number of halogens is 3. The normalized spacial score (nSPS) is 15.5. The Bertz CT molecular complexity index is 1030. The third kappa shape index (κ3) is 5.88. The number of nitrogens with zero attached hydrogens (tertiary/aromatic N) is 1. The summed E-state index contributed by atoms with van der Waals surface area (Å²) < 4.78 is 4.97. The first-order chi connectivity index (χ1) is 14.7. The van der Waals surface area contributed by atoms with Crippen molar-refractivity contribution in [1.82, 2.24) is 10.9 Å². The van der Waals surface area contributed by atoms with E-state index >= 15 is 0 Å². The lowest BCUT2D eigenvalue weighted by Gasteiger charge is -2.18. The first kappa shape index (κ1) is 22.9. The summed E-state index contributed by atoms with van der Waals surface area (Å²) >= 11 is 17.8. The maximum absolute atomic E-state index is 12.3. The lowest BCUT2D eigenvalue weighted by molar-refractivity contribution is -0.152. The topological polar surface area (TPSA) is 105 Å². The molecule has 11 heteroatoms. The van der Waals surface area contributed by atoms with E-state index in [2.05, 4.69) is 10.9 Å². The number of esters is 1. The molecular weight excluding hydrogens is 469 g/mol. The second-order valence-corrected chi connectivity index (χ2v) is 7.90. The maximum atomic E-state index is 12.3. The molecule has 1 aliphatic heterocycles. The molecule has 31 heavy (non-hydrogen) atoms. The van der Waals surface area contributed by atoms with E-state index in [1.807, 2.05) is 0 Å². The fourth-order valence-corrected chi connectivity index (χ4v) is 3.39. The second-order valence-electron chi connectivity index (χ2n) is 6.62. The Hall–Kier alpha value is -2.81. The van der Waals surface area contributed by atoms with Gasteiger partial charge in [0.05, 0.1) is 16.6 Å². The van der Waals surface area contributed by atoms with Gasteiger partial charge in [-0.3, -0.25) is 30.0 Å². The highest BCUT2D eigenvalue weighted by molar-refractivity contribution is 6.36. The van der Waals surface area contributed by atoms with Crippen LogP contribution in [0.15, 0.2) is 42.5 Å². The van der Waals surface area contributed by atoms with Crippen molar-refractivity contribution in [3.8, 4) is 0 Å². The van der Waals surface area contributed by atoms with Crippen molar-refractivity contribution < 1.29 is 23.9 Å². The summed E-state index contributed by atoms with van der Waals surface area (Å²) in [5, 5.41) is 1.19. The molecule has 0 bridgehead atoms. The van der Waals surface area contributed by atoms with Crippen LogP contribution in [0.4, 0.5) is 5.69 Å². The fourth-order valence-electron chi connectivity index (χ4n) is 2.88. The highest BCUT2D eigenvalue weighted by Crippen LogP contribution is 2.33. The molecule has 0 aromatic heterocycles. The van der Waals surface area contributed by atoms with Gasteiger partial charge < -0.3 is 9.64 Å².